The first-order chi connectivity index (χ1) is 20.4. The summed E-state index contributed by atoms with van der Waals surface area (Å²) < 4.78 is 3.63. The first-order valence-corrected chi connectivity index (χ1v) is 15.3. The number of carboxylic acid groups (broad SMARTS) is 1. The van der Waals surface area contributed by atoms with Crippen LogP contribution in [0.1, 0.15) is 83.4 Å². The van der Waals surface area contributed by atoms with Crippen molar-refractivity contribution in [1.29, 1.82) is 0 Å². The van der Waals surface area contributed by atoms with E-state index in [1.54, 1.807) is 12.3 Å². The van der Waals surface area contributed by atoms with Gasteiger partial charge >= 0.3 is 5.97 Å². The summed E-state index contributed by atoms with van der Waals surface area (Å²) in [6, 6.07) is 5.98. The van der Waals surface area contributed by atoms with Crippen LogP contribution < -0.4 is 0 Å². The van der Waals surface area contributed by atoms with Crippen molar-refractivity contribution < 1.29 is 19.5 Å². The normalized spacial score (nSPS) is 24.5. The Bertz CT molecular complexity index is 1580. The van der Waals surface area contributed by atoms with E-state index in [9.17, 15) is 19.5 Å². The number of carbonyl (C=O) groups excluding carboxylic acids is 2. The minimum atomic E-state index is -0.781. The van der Waals surface area contributed by atoms with Crippen LogP contribution in [0.2, 0.25) is 5.02 Å². The number of aliphatic carboxylic acids is 1. The highest BCUT2D eigenvalue weighted by Gasteiger charge is 2.43. The predicted octanol–water partition coefficient (Wildman–Crippen LogP) is 4.80. The van der Waals surface area contributed by atoms with Gasteiger partial charge in [0.1, 0.15) is 6.29 Å². The lowest BCUT2D eigenvalue weighted by atomic mass is 9.72. The van der Waals surface area contributed by atoms with Crippen LogP contribution in [-0.2, 0) is 22.4 Å². The number of benzene rings is 1. The van der Waals surface area contributed by atoms with Crippen LogP contribution in [0, 0.1) is 11.3 Å². The van der Waals surface area contributed by atoms with Gasteiger partial charge in [-0.3, -0.25) is 14.5 Å². The first kappa shape index (κ1) is 27.3. The topological polar surface area (TPSA) is 110 Å². The van der Waals surface area contributed by atoms with Gasteiger partial charge in [-0.2, -0.15) is 9.78 Å². The molecule has 2 fully saturated rings. The van der Waals surface area contributed by atoms with Gasteiger partial charge in [0.05, 0.1) is 40.3 Å². The molecule has 7 rings (SSSR count). The van der Waals surface area contributed by atoms with Crippen LogP contribution in [-0.4, -0.2) is 67.1 Å². The summed E-state index contributed by atoms with van der Waals surface area (Å²) in [4.78, 5) is 45.1. The monoisotopic (exact) mass is 587 g/mol. The van der Waals surface area contributed by atoms with Gasteiger partial charge in [-0.15, -0.1) is 0 Å². The van der Waals surface area contributed by atoms with Crippen molar-refractivity contribution in [3.63, 3.8) is 0 Å². The van der Waals surface area contributed by atoms with Gasteiger partial charge < -0.3 is 14.5 Å². The fourth-order valence-corrected chi connectivity index (χ4v) is 7.36. The molecular formula is C32H34ClN5O4. The number of aromatic nitrogens is 4. The van der Waals surface area contributed by atoms with Crippen molar-refractivity contribution in [2.45, 2.75) is 63.3 Å². The Labute approximate surface area is 249 Å². The van der Waals surface area contributed by atoms with Crippen LogP contribution in [0.5, 0.6) is 0 Å². The molecule has 1 N–H and O–H groups in total. The van der Waals surface area contributed by atoms with Crippen molar-refractivity contribution in [2.75, 3.05) is 19.6 Å². The summed E-state index contributed by atoms with van der Waals surface area (Å²) in [6.07, 6.45) is 14.0. The average molecular weight is 588 g/mol. The molecular weight excluding hydrogens is 554 g/mol. The number of halogens is 1. The number of allylic oxidation sites excluding steroid dienone is 2. The van der Waals surface area contributed by atoms with Gasteiger partial charge in [0, 0.05) is 49.4 Å². The van der Waals surface area contributed by atoms with E-state index in [-0.39, 0.29) is 5.91 Å². The third-order valence-corrected chi connectivity index (χ3v) is 10.0. The lowest BCUT2D eigenvalue weighted by Crippen LogP contribution is -2.53. The lowest BCUT2D eigenvalue weighted by molar-refractivity contribution is -0.141. The fourth-order valence-electron chi connectivity index (χ4n) is 7.10. The molecule has 0 amide bonds. The second kappa shape index (κ2) is 10.6. The van der Waals surface area contributed by atoms with E-state index in [4.69, 9.17) is 16.7 Å². The largest absolute Gasteiger partial charge is 0.481 e. The number of likely N-dealkylation sites (tertiary alicyclic amines) is 1. The summed E-state index contributed by atoms with van der Waals surface area (Å²) in [7, 11) is 0. The molecule has 2 unspecified atom stereocenters. The average Bonchev–Trinajstić information content (AvgIpc) is 3.55. The lowest BCUT2D eigenvalue weighted by Gasteiger charge is -2.45. The third-order valence-electron chi connectivity index (χ3n) is 9.69. The molecule has 218 valence electrons. The van der Waals surface area contributed by atoms with E-state index in [1.807, 2.05) is 30.7 Å². The zero-order chi connectivity index (χ0) is 29.0. The zero-order valence-electron chi connectivity index (χ0n) is 23.4. The van der Waals surface area contributed by atoms with E-state index in [1.165, 1.54) is 4.68 Å². The Morgan fingerprint density at radius 3 is 2.67 bits per heavy atom. The number of imidazole rings is 1. The summed E-state index contributed by atoms with van der Waals surface area (Å²) >= 11 is 6.67. The first-order valence-electron chi connectivity index (χ1n) is 14.9. The van der Waals surface area contributed by atoms with Gasteiger partial charge in [0.2, 0.25) is 0 Å². The summed E-state index contributed by atoms with van der Waals surface area (Å²) in [5, 5.41) is 14.8. The highest BCUT2D eigenvalue weighted by atomic mass is 35.5. The minimum absolute atomic E-state index is 0.254. The molecule has 4 aliphatic rings. The molecule has 1 saturated carbocycles. The van der Waals surface area contributed by atoms with Gasteiger partial charge in [-0.25, -0.2) is 4.98 Å². The molecule has 0 bridgehead atoms. The number of hydrogen-bond donors (Lipinski definition) is 1. The van der Waals surface area contributed by atoms with E-state index >= 15 is 0 Å². The number of fused-ring (bicyclic) bond motifs is 1. The second-order valence-corrected chi connectivity index (χ2v) is 12.9. The third kappa shape index (κ3) is 4.82. The molecule has 2 atom stereocenters. The maximum Gasteiger partial charge on any atom is 0.306 e. The quantitative estimate of drug-likeness (QED) is 0.377. The highest BCUT2D eigenvalue weighted by Crippen LogP contribution is 2.45. The Kier molecular flexibility index (Phi) is 6.89. The Morgan fingerprint density at radius 1 is 1.17 bits per heavy atom. The smallest absolute Gasteiger partial charge is 0.306 e. The Morgan fingerprint density at radius 2 is 2.00 bits per heavy atom. The SMILES string of the molecule is O=CC1(CN2CC(n3ccnc3)C2)CCc2c(C3=CCC(C(=O)O)CC3)nn(C(=O)c3c(Cl)cccc3C3CC3)c2C1. The number of hydrogen-bond acceptors (Lipinski definition) is 6. The van der Waals surface area contributed by atoms with Gasteiger partial charge in [-0.1, -0.05) is 29.8 Å². The molecule has 1 saturated heterocycles. The molecule has 3 aromatic rings. The molecule has 1 aliphatic heterocycles. The standard InChI is InChI=1S/C32H34ClN5O4/c33-26-3-1-2-24(20-4-5-20)28(26)30(40)38-27-14-32(18-39,17-36-15-23(16-36)37-13-12-34-19-37)11-10-25(27)29(35-38)21-6-8-22(9-7-21)31(41)42/h1-3,6,12-13,18-20,22-23H,4-5,7-11,14-17H2,(H,41,42). The van der Waals surface area contributed by atoms with Crippen LogP contribution in [0.3, 0.4) is 0 Å². The van der Waals surface area contributed by atoms with Crippen LogP contribution >= 0.6 is 11.6 Å². The number of rotatable bonds is 8. The van der Waals surface area contributed by atoms with Crippen molar-refractivity contribution >= 4 is 35.3 Å². The second-order valence-electron chi connectivity index (χ2n) is 12.5. The molecule has 0 spiro atoms. The van der Waals surface area contributed by atoms with E-state index in [2.05, 4.69) is 14.5 Å². The Hall–Kier alpha value is -3.56. The minimum Gasteiger partial charge on any atom is -0.481 e. The van der Waals surface area contributed by atoms with E-state index in [0.29, 0.717) is 67.6 Å². The van der Waals surface area contributed by atoms with Crippen molar-refractivity contribution in [3.8, 4) is 0 Å². The van der Waals surface area contributed by atoms with Crippen LogP contribution in [0.25, 0.3) is 5.57 Å². The molecule has 3 heterocycles. The maximum atomic E-state index is 14.3. The van der Waals surface area contributed by atoms with E-state index in [0.717, 1.165) is 60.3 Å². The molecule has 1 aromatic carbocycles. The number of nitrogens with zero attached hydrogens (tertiary/aromatic N) is 5. The van der Waals surface area contributed by atoms with Crippen molar-refractivity contribution in [1.82, 2.24) is 24.2 Å². The molecule has 42 heavy (non-hydrogen) atoms. The number of carbonyl (C=O) groups is 3. The molecule has 0 radical (unpaired) electrons. The van der Waals surface area contributed by atoms with Gasteiger partial charge in [0.15, 0.2) is 0 Å². The predicted molar refractivity (Wildman–Crippen MR) is 157 cm³/mol. The summed E-state index contributed by atoms with van der Waals surface area (Å²) in [5.74, 6) is -1.11. The summed E-state index contributed by atoms with van der Waals surface area (Å²) in [5.41, 5.74) is 4.37. The van der Waals surface area contributed by atoms with Crippen LogP contribution in [0.15, 0.2) is 43.0 Å². The molecule has 3 aliphatic carbocycles. The van der Waals surface area contributed by atoms with Gasteiger partial charge in [0.25, 0.3) is 5.91 Å². The number of carboxylic acids is 1. The van der Waals surface area contributed by atoms with Crippen molar-refractivity contribution in [2.24, 2.45) is 11.3 Å². The molecule has 2 aromatic heterocycles. The maximum absolute atomic E-state index is 14.3. The van der Waals surface area contributed by atoms with Crippen molar-refractivity contribution in [3.05, 3.63) is 76.1 Å². The van der Waals surface area contributed by atoms with Gasteiger partial charge in [-0.05, 0) is 68.1 Å². The number of aldehydes is 1. The zero-order valence-corrected chi connectivity index (χ0v) is 24.2. The summed E-state index contributed by atoms with van der Waals surface area (Å²) in [6.45, 7) is 2.33. The fraction of sp³-hybridized carbons (Fsp3) is 0.469. The Balaban J connectivity index is 1.23. The van der Waals surface area contributed by atoms with E-state index < -0.39 is 17.3 Å². The highest BCUT2D eigenvalue weighted by molar-refractivity contribution is 6.34. The molecule has 10 heteroatoms. The molecule has 9 nitrogen and oxygen atoms in total. The van der Waals surface area contributed by atoms with Crippen LogP contribution in [0.4, 0.5) is 0 Å².